The van der Waals surface area contributed by atoms with Crippen molar-refractivity contribution in [3.63, 3.8) is 0 Å². The van der Waals surface area contributed by atoms with Gasteiger partial charge in [0.2, 0.25) is 0 Å². The zero-order valence-corrected chi connectivity index (χ0v) is 16.3. The van der Waals surface area contributed by atoms with Gasteiger partial charge in [0.05, 0.1) is 11.3 Å². The molecule has 1 fully saturated rings. The van der Waals surface area contributed by atoms with Crippen LogP contribution in [0.15, 0.2) is 40.1 Å². The number of aromatic nitrogens is 4. The number of nitrogens with zero attached hydrogens (tertiary/aromatic N) is 3. The normalized spacial score (nSPS) is 13.4. The number of hydrogen-bond acceptors (Lipinski definition) is 5. The Morgan fingerprint density at radius 3 is 2.83 bits per heavy atom. The highest BCUT2D eigenvalue weighted by molar-refractivity contribution is 6.06. The second-order valence-corrected chi connectivity index (χ2v) is 7.47. The third kappa shape index (κ3) is 3.76. The van der Waals surface area contributed by atoms with E-state index < -0.39 is 17.2 Å². The minimum absolute atomic E-state index is 0.124. The van der Waals surface area contributed by atoms with E-state index in [9.17, 15) is 18.8 Å². The molecular weight excluding hydrogens is 391 g/mol. The van der Waals surface area contributed by atoms with Gasteiger partial charge in [0.1, 0.15) is 17.3 Å². The molecule has 4 N–H and O–H groups in total. The number of H-pyrrole nitrogens is 1. The first-order valence-electron chi connectivity index (χ1n) is 9.53. The molecule has 1 aromatic carbocycles. The molecule has 0 atom stereocenters. The lowest BCUT2D eigenvalue weighted by Crippen LogP contribution is -2.42. The Hall–Kier alpha value is -3.69. The molecule has 2 heterocycles. The summed E-state index contributed by atoms with van der Waals surface area (Å²) in [4.78, 5) is 38.1. The maximum atomic E-state index is 13.4. The highest BCUT2D eigenvalue weighted by atomic mass is 19.1. The first-order valence-corrected chi connectivity index (χ1v) is 9.53. The van der Waals surface area contributed by atoms with E-state index in [0.717, 1.165) is 22.0 Å². The van der Waals surface area contributed by atoms with Crippen LogP contribution in [0.5, 0.6) is 0 Å². The Bertz CT molecular complexity index is 1240. The Labute approximate surface area is 170 Å². The molecule has 9 nitrogen and oxygen atoms in total. The summed E-state index contributed by atoms with van der Waals surface area (Å²) in [5.41, 5.74) is 5.87. The second-order valence-electron chi connectivity index (χ2n) is 7.47. The minimum atomic E-state index is -0.633. The monoisotopic (exact) mass is 412 g/mol. The van der Waals surface area contributed by atoms with Gasteiger partial charge in [-0.3, -0.25) is 23.8 Å². The fourth-order valence-corrected chi connectivity index (χ4v) is 3.29. The Morgan fingerprint density at radius 2 is 2.13 bits per heavy atom. The molecule has 156 valence electrons. The van der Waals surface area contributed by atoms with Gasteiger partial charge < -0.3 is 11.1 Å². The number of hydrogen-bond donors (Lipinski definition) is 3. The number of nitrogen functional groups attached to an aromatic ring is 1. The second kappa shape index (κ2) is 7.62. The van der Waals surface area contributed by atoms with Crippen LogP contribution in [-0.2, 0) is 20.0 Å². The van der Waals surface area contributed by atoms with Crippen LogP contribution >= 0.6 is 0 Å². The Balaban J connectivity index is 1.64. The Kier molecular flexibility index (Phi) is 4.98. The van der Waals surface area contributed by atoms with Gasteiger partial charge in [-0.05, 0) is 36.5 Å². The van der Waals surface area contributed by atoms with Gasteiger partial charge in [0.25, 0.3) is 11.5 Å². The summed E-state index contributed by atoms with van der Waals surface area (Å²) in [5, 5.41) is 9.22. The molecule has 4 rings (SSSR count). The largest absolute Gasteiger partial charge is 0.383 e. The highest BCUT2D eigenvalue weighted by Gasteiger charge is 2.26. The summed E-state index contributed by atoms with van der Waals surface area (Å²) in [7, 11) is 1.45. The molecule has 0 aliphatic heterocycles. The smallest absolute Gasteiger partial charge is 0.332 e. The van der Waals surface area contributed by atoms with Crippen molar-refractivity contribution in [1.82, 2.24) is 19.3 Å². The minimum Gasteiger partial charge on any atom is -0.383 e. The molecule has 0 bridgehead atoms. The van der Waals surface area contributed by atoms with Crippen molar-refractivity contribution >= 4 is 17.4 Å². The fourth-order valence-electron chi connectivity index (χ4n) is 3.29. The van der Waals surface area contributed by atoms with E-state index in [4.69, 9.17) is 5.73 Å². The molecule has 0 radical (unpaired) electrons. The number of halogens is 1. The van der Waals surface area contributed by atoms with Gasteiger partial charge in [-0.25, -0.2) is 9.18 Å². The van der Waals surface area contributed by atoms with Gasteiger partial charge in [-0.1, -0.05) is 12.1 Å². The quantitative estimate of drug-likeness (QED) is 0.561. The Morgan fingerprint density at radius 1 is 1.37 bits per heavy atom. The van der Waals surface area contributed by atoms with Crippen molar-refractivity contribution in [2.75, 3.05) is 11.1 Å². The van der Waals surface area contributed by atoms with Crippen LogP contribution < -0.4 is 22.3 Å². The molecule has 0 unspecified atom stereocenters. The van der Waals surface area contributed by atoms with Crippen molar-refractivity contribution in [3.8, 4) is 0 Å². The standard InChI is InChI=1S/C20H21FN6O3/c1-26-17(22)16(19(29)27(20(26)30)10-11-5-6-11)24-18(28)14-9-23-25-15(14)8-12-3-2-4-13(21)7-12/h2-4,7,9,11H,5-6,8,10,22H2,1H3,(H,23,25)(H,24,28). The predicted molar refractivity (Wildman–Crippen MR) is 109 cm³/mol. The van der Waals surface area contributed by atoms with Crippen molar-refractivity contribution in [1.29, 1.82) is 0 Å². The van der Waals surface area contributed by atoms with Crippen LogP contribution in [-0.4, -0.2) is 25.2 Å². The van der Waals surface area contributed by atoms with Crippen molar-refractivity contribution in [2.45, 2.75) is 25.8 Å². The first kappa shape index (κ1) is 19.6. The molecular formula is C20H21FN6O3. The SMILES string of the molecule is Cn1c(N)c(NC(=O)c2c[nH]nc2Cc2cccc(F)c2)c(=O)n(CC2CC2)c1=O. The van der Waals surface area contributed by atoms with Gasteiger partial charge in [-0.2, -0.15) is 5.10 Å². The first-order chi connectivity index (χ1) is 14.3. The van der Waals surface area contributed by atoms with Gasteiger partial charge in [-0.15, -0.1) is 0 Å². The highest BCUT2D eigenvalue weighted by Crippen LogP contribution is 2.30. The van der Waals surface area contributed by atoms with Crippen LogP contribution in [0.4, 0.5) is 15.9 Å². The summed E-state index contributed by atoms with van der Waals surface area (Å²) in [6, 6.07) is 5.99. The van der Waals surface area contributed by atoms with Gasteiger partial charge >= 0.3 is 5.69 Å². The third-order valence-corrected chi connectivity index (χ3v) is 5.20. The number of amides is 1. The van der Waals surface area contributed by atoms with Crippen LogP contribution in [0.2, 0.25) is 0 Å². The van der Waals surface area contributed by atoms with Crippen molar-refractivity contribution in [3.05, 3.63) is 73.9 Å². The van der Waals surface area contributed by atoms with E-state index in [-0.39, 0.29) is 35.2 Å². The molecule has 1 aliphatic rings. The zero-order valence-electron chi connectivity index (χ0n) is 16.3. The van der Waals surface area contributed by atoms with E-state index in [2.05, 4.69) is 15.5 Å². The van der Waals surface area contributed by atoms with Crippen LogP contribution in [0.3, 0.4) is 0 Å². The molecule has 0 saturated heterocycles. The number of carbonyl (C=O) groups is 1. The van der Waals surface area contributed by atoms with Gasteiger partial charge in [0.15, 0.2) is 0 Å². The van der Waals surface area contributed by atoms with Crippen molar-refractivity contribution in [2.24, 2.45) is 13.0 Å². The third-order valence-electron chi connectivity index (χ3n) is 5.20. The fraction of sp³-hybridized carbons (Fsp3) is 0.300. The average Bonchev–Trinajstić information content (AvgIpc) is 3.43. The van der Waals surface area contributed by atoms with E-state index in [1.807, 2.05) is 0 Å². The molecule has 10 heteroatoms. The van der Waals surface area contributed by atoms with E-state index in [1.165, 1.54) is 25.4 Å². The van der Waals surface area contributed by atoms with Crippen LogP contribution in [0.25, 0.3) is 0 Å². The van der Waals surface area contributed by atoms with E-state index >= 15 is 0 Å². The van der Waals surface area contributed by atoms with Gasteiger partial charge in [0, 0.05) is 26.2 Å². The molecule has 30 heavy (non-hydrogen) atoms. The summed E-state index contributed by atoms with van der Waals surface area (Å²) in [6.07, 6.45) is 3.53. The average molecular weight is 412 g/mol. The molecule has 1 saturated carbocycles. The number of aromatic amines is 1. The molecule has 3 aromatic rings. The van der Waals surface area contributed by atoms with E-state index in [1.54, 1.807) is 12.1 Å². The van der Waals surface area contributed by atoms with Crippen LogP contribution in [0.1, 0.15) is 34.5 Å². The number of rotatable bonds is 6. The number of anilines is 2. The number of nitrogens with one attached hydrogen (secondary N) is 2. The molecule has 1 amide bonds. The lowest BCUT2D eigenvalue weighted by molar-refractivity contribution is 0.102. The predicted octanol–water partition coefficient (Wildman–Crippen LogP) is 1.24. The van der Waals surface area contributed by atoms with Crippen LogP contribution in [0, 0.1) is 11.7 Å². The molecule has 0 spiro atoms. The lowest BCUT2D eigenvalue weighted by atomic mass is 10.1. The maximum absolute atomic E-state index is 13.4. The lowest BCUT2D eigenvalue weighted by Gasteiger charge is -2.14. The number of benzene rings is 1. The molecule has 1 aliphatic carbocycles. The van der Waals surface area contributed by atoms with Crippen molar-refractivity contribution < 1.29 is 9.18 Å². The molecule has 2 aromatic heterocycles. The summed E-state index contributed by atoms with van der Waals surface area (Å²) in [5.74, 6) is -0.825. The summed E-state index contributed by atoms with van der Waals surface area (Å²) >= 11 is 0. The number of carbonyl (C=O) groups excluding carboxylic acids is 1. The topological polar surface area (TPSA) is 128 Å². The summed E-state index contributed by atoms with van der Waals surface area (Å²) < 4.78 is 15.7. The van der Waals surface area contributed by atoms with E-state index in [0.29, 0.717) is 17.8 Å². The maximum Gasteiger partial charge on any atom is 0.332 e. The number of nitrogens with two attached hydrogens (primary N) is 1. The summed E-state index contributed by atoms with van der Waals surface area (Å²) in [6.45, 7) is 0.297. The zero-order chi connectivity index (χ0) is 21.4.